The van der Waals surface area contributed by atoms with E-state index in [1.165, 1.54) is 12.1 Å². The zero-order chi connectivity index (χ0) is 13.4. The number of carboxylic acid groups (broad SMARTS) is 1. The van der Waals surface area contributed by atoms with Crippen molar-refractivity contribution in [2.75, 3.05) is 0 Å². The molecular formula is C10H6Cl2N2O4. The first-order chi connectivity index (χ1) is 8.40. The fourth-order valence-electron chi connectivity index (χ4n) is 1.56. The first kappa shape index (κ1) is 12.7. The fraction of sp³-hybridized carbons (Fsp3) is 0.100. The van der Waals surface area contributed by atoms with Crippen molar-refractivity contribution in [3.05, 3.63) is 42.9 Å². The molecule has 0 aliphatic heterocycles. The second kappa shape index (κ2) is 4.47. The van der Waals surface area contributed by atoms with Gasteiger partial charge < -0.3 is 10.1 Å². The zero-order valence-corrected chi connectivity index (χ0v) is 10.2. The van der Waals surface area contributed by atoms with Crippen molar-refractivity contribution >= 4 is 40.2 Å². The van der Waals surface area contributed by atoms with Gasteiger partial charge in [0.15, 0.2) is 0 Å². The van der Waals surface area contributed by atoms with Crippen LogP contribution in [0.4, 0.5) is 0 Å². The van der Waals surface area contributed by atoms with E-state index in [1.807, 2.05) is 0 Å². The van der Waals surface area contributed by atoms with Crippen molar-refractivity contribution in [2.45, 2.75) is 6.54 Å². The molecule has 0 bridgehead atoms. The molecular weight excluding hydrogens is 283 g/mol. The molecule has 0 radical (unpaired) electrons. The Morgan fingerprint density at radius 2 is 1.89 bits per heavy atom. The highest BCUT2D eigenvalue weighted by molar-refractivity contribution is 6.42. The molecule has 1 aromatic carbocycles. The summed E-state index contributed by atoms with van der Waals surface area (Å²) in [6.45, 7) is -0.628. The number of carboxylic acids is 1. The van der Waals surface area contributed by atoms with Crippen LogP contribution in [-0.4, -0.2) is 20.6 Å². The normalized spacial score (nSPS) is 10.8. The van der Waals surface area contributed by atoms with Gasteiger partial charge in [-0.15, -0.1) is 0 Å². The Labute approximate surface area is 109 Å². The van der Waals surface area contributed by atoms with Crippen molar-refractivity contribution in [2.24, 2.45) is 0 Å². The van der Waals surface area contributed by atoms with Crippen LogP contribution >= 0.6 is 23.2 Å². The predicted octanol–water partition coefficient (Wildman–Crippen LogP) is 1.08. The molecule has 94 valence electrons. The first-order valence-electron chi connectivity index (χ1n) is 4.74. The molecule has 0 aliphatic rings. The minimum Gasteiger partial charge on any atom is -0.480 e. The maximum absolute atomic E-state index is 11.6. The van der Waals surface area contributed by atoms with Gasteiger partial charge in [0.25, 0.3) is 0 Å². The lowest BCUT2D eigenvalue weighted by atomic mass is 10.3. The van der Waals surface area contributed by atoms with Gasteiger partial charge in [0.1, 0.15) is 6.54 Å². The molecule has 0 saturated heterocycles. The standard InChI is InChI=1S/C10H6Cl2N2O4/c11-4-1-6-7(2-5(4)12)14(3-8(15)16)10(18)9(17)13-6/h1-2H,3H2,(H,13,17)(H,15,16). The number of hydrogen-bond acceptors (Lipinski definition) is 3. The van der Waals surface area contributed by atoms with E-state index in [0.29, 0.717) is 0 Å². The summed E-state index contributed by atoms with van der Waals surface area (Å²) < 4.78 is 0.832. The molecule has 18 heavy (non-hydrogen) atoms. The number of aromatic amines is 1. The van der Waals surface area contributed by atoms with Crippen LogP contribution in [0.15, 0.2) is 21.7 Å². The molecule has 1 heterocycles. The first-order valence-corrected chi connectivity index (χ1v) is 5.49. The Kier molecular flexibility index (Phi) is 3.14. The van der Waals surface area contributed by atoms with Gasteiger partial charge in [0.2, 0.25) is 0 Å². The monoisotopic (exact) mass is 288 g/mol. The fourth-order valence-corrected chi connectivity index (χ4v) is 1.88. The summed E-state index contributed by atoms with van der Waals surface area (Å²) in [5.74, 6) is -1.24. The highest BCUT2D eigenvalue weighted by Crippen LogP contribution is 2.25. The average Bonchev–Trinajstić information content (AvgIpc) is 2.28. The van der Waals surface area contributed by atoms with Crippen LogP contribution in [-0.2, 0) is 11.3 Å². The SMILES string of the molecule is O=C(O)Cn1c(=O)c(=O)[nH]c2cc(Cl)c(Cl)cc21. The van der Waals surface area contributed by atoms with E-state index in [9.17, 15) is 14.4 Å². The molecule has 0 saturated carbocycles. The van der Waals surface area contributed by atoms with Crippen LogP contribution in [0.25, 0.3) is 11.0 Å². The van der Waals surface area contributed by atoms with Crippen molar-refractivity contribution in [1.29, 1.82) is 0 Å². The van der Waals surface area contributed by atoms with E-state index >= 15 is 0 Å². The summed E-state index contributed by atoms with van der Waals surface area (Å²) >= 11 is 11.6. The lowest BCUT2D eigenvalue weighted by Gasteiger charge is -2.08. The van der Waals surface area contributed by atoms with E-state index in [2.05, 4.69) is 4.98 Å². The molecule has 6 nitrogen and oxygen atoms in total. The largest absolute Gasteiger partial charge is 0.480 e. The molecule has 2 N–H and O–H groups in total. The van der Waals surface area contributed by atoms with Crippen molar-refractivity contribution < 1.29 is 9.90 Å². The number of benzene rings is 1. The predicted molar refractivity (Wildman–Crippen MR) is 66.5 cm³/mol. The number of aromatic nitrogens is 2. The summed E-state index contributed by atoms with van der Waals surface area (Å²) in [5, 5.41) is 9.09. The van der Waals surface area contributed by atoms with E-state index in [1.54, 1.807) is 0 Å². The van der Waals surface area contributed by atoms with Gasteiger partial charge >= 0.3 is 17.1 Å². The van der Waals surface area contributed by atoms with Gasteiger partial charge in [0.05, 0.1) is 21.1 Å². The molecule has 0 unspecified atom stereocenters. The molecule has 0 fully saturated rings. The Balaban J connectivity index is 2.92. The highest BCUT2D eigenvalue weighted by atomic mass is 35.5. The van der Waals surface area contributed by atoms with E-state index in [4.69, 9.17) is 28.3 Å². The third kappa shape index (κ3) is 2.12. The van der Waals surface area contributed by atoms with Gasteiger partial charge in [-0.25, -0.2) is 0 Å². The number of rotatable bonds is 2. The van der Waals surface area contributed by atoms with Gasteiger partial charge in [-0.2, -0.15) is 0 Å². The zero-order valence-electron chi connectivity index (χ0n) is 8.74. The number of nitrogens with zero attached hydrogens (tertiary/aromatic N) is 1. The number of hydrogen-bond donors (Lipinski definition) is 2. The summed E-state index contributed by atoms with van der Waals surface area (Å²) in [4.78, 5) is 36.0. The smallest absolute Gasteiger partial charge is 0.323 e. The van der Waals surface area contributed by atoms with Gasteiger partial charge in [0, 0.05) is 0 Å². The minimum absolute atomic E-state index is 0.162. The molecule has 1 aromatic heterocycles. The number of aliphatic carboxylic acids is 1. The second-order valence-corrected chi connectivity index (χ2v) is 4.34. The molecule has 0 atom stereocenters. The summed E-state index contributed by atoms with van der Waals surface area (Å²) in [7, 11) is 0. The topological polar surface area (TPSA) is 92.2 Å². The maximum Gasteiger partial charge on any atom is 0.323 e. The quantitative estimate of drug-likeness (QED) is 0.809. The van der Waals surface area contributed by atoms with Crippen molar-refractivity contribution in [3.8, 4) is 0 Å². The number of halogens is 2. The molecule has 2 aromatic rings. The summed E-state index contributed by atoms with van der Waals surface area (Å²) in [6.07, 6.45) is 0. The van der Waals surface area contributed by atoms with Crippen LogP contribution in [0.1, 0.15) is 0 Å². The van der Waals surface area contributed by atoms with Gasteiger partial charge in [-0.3, -0.25) is 19.0 Å². The van der Waals surface area contributed by atoms with Crippen molar-refractivity contribution in [1.82, 2.24) is 9.55 Å². The minimum atomic E-state index is -1.24. The molecule has 0 spiro atoms. The van der Waals surface area contributed by atoms with E-state index < -0.39 is 23.6 Å². The number of carbonyl (C=O) groups is 1. The van der Waals surface area contributed by atoms with E-state index in [-0.39, 0.29) is 21.1 Å². The van der Waals surface area contributed by atoms with Crippen LogP contribution in [0.2, 0.25) is 10.0 Å². The molecule has 0 amide bonds. The highest BCUT2D eigenvalue weighted by Gasteiger charge is 2.12. The number of fused-ring (bicyclic) bond motifs is 1. The van der Waals surface area contributed by atoms with Gasteiger partial charge in [-0.1, -0.05) is 23.2 Å². The van der Waals surface area contributed by atoms with Crippen LogP contribution in [0, 0.1) is 0 Å². The Morgan fingerprint density at radius 1 is 1.28 bits per heavy atom. The van der Waals surface area contributed by atoms with E-state index in [0.717, 1.165) is 4.57 Å². The third-order valence-electron chi connectivity index (χ3n) is 2.31. The van der Waals surface area contributed by atoms with Crippen molar-refractivity contribution in [3.63, 3.8) is 0 Å². The second-order valence-electron chi connectivity index (χ2n) is 3.52. The third-order valence-corrected chi connectivity index (χ3v) is 3.03. The Hall–Kier alpha value is -1.79. The van der Waals surface area contributed by atoms with Gasteiger partial charge in [-0.05, 0) is 12.1 Å². The maximum atomic E-state index is 11.6. The van der Waals surface area contributed by atoms with Crippen LogP contribution < -0.4 is 11.1 Å². The van der Waals surface area contributed by atoms with Crippen LogP contribution in [0.5, 0.6) is 0 Å². The van der Waals surface area contributed by atoms with Crippen LogP contribution in [0.3, 0.4) is 0 Å². The number of H-pyrrole nitrogens is 1. The lowest BCUT2D eigenvalue weighted by Crippen LogP contribution is -2.37. The Morgan fingerprint density at radius 3 is 2.50 bits per heavy atom. The molecule has 8 heteroatoms. The number of nitrogens with one attached hydrogen (secondary N) is 1. The summed E-state index contributed by atoms with van der Waals surface area (Å²) in [5.41, 5.74) is -1.42. The average molecular weight is 289 g/mol. The summed E-state index contributed by atoms with van der Waals surface area (Å²) in [6, 6.07) is 2.69. The lowest BCUT2D eigenvalue weighted by molar-refractivity contribution is -0.137. The molecule has 2 rings (SSSR count). The Bertz CT molecular complexity index is 763. The molecule has 0 aliphatic carbocycles.